The van der Waals surface area contributed by atoms with Crippen LogP contribution in [0.2, 0.25) is 0 Å². The van der Waals surface area contributed by atoms with Crippen LogP contribution in [-0.2, 0) is 33.3 Å². The Balaban J connectivity index is 2.01. The van der Waals surface area contributed by atoms with Gasteiger partial charge in [0.1, 0.15) is 29.2 Å². The normalized spacial score (nSPS) is 24.1. The molecular weight excluding hydrogens is 392 g/mol. The second kappa shape index (κ2) is 8.02. The molecule has 1 aliphatic heterocycles. The maximum atomic E-state index is 11.7. The molecule has 0 unspecified atom stereocenters. The quantitative estimate of drug-likeness (QED) is 0.428. The predicted octanol–water partition coefficient (Wildman–Crippen LogP) is 0.813. The highest BCUT2D eigenvalue weighted by Gasteiger charge is 2.50. The molecule has 0 aliphatic carbocycles. The zero-order valence-electron chi connectivity index (χ0n) is 15.3. The molecule has 11 nitrogen and oxygen atoms in total. The molecular formula is C16H18N4O7S. The van der Waals surface area contributed by atoms with Gasteiger partial charge in [-0.15, -0.1) is 0 Å². The van der Waals surface area contributed by atoms with Crippen LogP contribution in [0.4, 0.5) is 0 Å². The van der Waals surface area contributed by atoms with Crippen molar-refractivity contribution in [1.29, 1.82) is 0 Å². The molecule has 3 rings (SSSR count). The van der Waals surface area contributed by atoms with Crippen LogP contribution < -0.4 is 0 Å². The number of aromatic nitrogens is 4. The van der Waals surface area contributed by atoms with Gasteiger partial charge in [0.15, 0.2) is 24.1 Å². The number of rotatable bonds is 5. The molecule has 4 atom stereocenters. The second-order valence-corrected chi connectivity index (χ2v) is 6.46. The van der Waals surface area contributed by atoms with Crippen LogP contribution in [0.5, 0.6) is 0 Å². The minimum Gasteiger partial charge on any atom is -0.463 e. The van der Waals surface area contributed by atoms with E-state index in [0.717, 1.165) is 0 Å². The van der Waals surface area contributed by atoms with Gasteiger partial charge in [-0.05, 0) is 0 Å². The summed E-state index contributed by atoms with van der Waals surface area (Å²) in [5.74, 6) is -1.74. The zero-order chi connectivity index (χ0) is 20.4. The van der Waals surface area contributed by atoms with Gasteiger partial charge in [-0.25, -0.2) is 9.97 Å². The smallest absolute Gasteiger partial charge is 0.303 e. The summed E-state index contributed by atoms with van der Waals surface area (Å²) in [6.07, 6.45) is -1.03. The van der Waals surface area contributed by atoms with Crippen molar-refractivity contribution < 1.29 is 33.3 Å². The van der Waals surface area contributed by atoms with Gasteiger partial charge < -0.3 is 23.9 Å². The molecule has 0 radical (unpaired) electrons. The highest BCUT2D eigenvalue weighted by Crippen LogP contribution is 2.35. The molecule has 1 saturated heterocycles. The molecule has 1 N–H and O–H groups in total. The Labute approximate surface area is 163 Å². The molecule has 0 amide bonds. The molecule has 1 aliphatic rings. The van der Waals surface area contributed by atoms with Crippen molar-refractivity contribution in [2.75, 3.05) is 6.61 Å². The number of hydrogen-bond donors (Lipinski definition) is 1. The summed E-state index contributed by atoms with van der Waals surface area (Å²) < 4.78 is 23.4. The van der Waals surface area contributed by atoms with Crippen molar-refractivity contribution in [3.8, 4) is 0 Å². The highest BCUT2D eigenvalue weighted by atomic mass is 32.1. The summed E-state index contributed by atoms with van der Waals surface area (Å²) in [5.41, 5.74) is 0.909. The lowest BCUT2D eigenvalue weighted by molar-refractivity contribution is -0.166. The van der Waals surface area contributed by atoms with Crippen molar-refractivity contribution in [1.82, 2.24) is 19.5 Å². The summed E-state index contributed by atoms with van der Waals surface area (Å²) in [6.45, 7) is 3.47. The van der Waals surface area contributed by atoms with Crippen molar-refractivity contribution in [3.63, 3.8) is 0 Å². The van der Waals surface area contributed by atoms with E-state index in [0.29, 0.717) is 15.8 Å². The van der Waals surface area contributed by atoms with Gasteiger partial charge in [0.05, 0.1) is 6.33 Å². The summed E-state index contributed by atoms with van der Waals surface area (Å²) >= 11 is 5.46. The molecule has 28 heavy (non-hydrogen) atoms. The number of imidazole rings is 1. The number of fused-ring (bicyclic) bond motifs is 1. The van der Waals surface area contributed by atoms with E-state index in [4.69, 9.17) is 31.2 Å². The van der Waals surface area contributed by atoms with Crippen LogP contribution in [0.3, 0.4) is 0 Å². The Morgan fingerprint density at radius 1 is 1.14 bits per heavy atom. The lowest BCUT2D eigenvalue weighted by Crippen LogP contribution is -2.40. The summed E-state index contributed by atoms with van der Waals surface area (Å²) in [5, 5.41) is 0. The maximum absolute atomic E-state index is 11.7. The summed E-state index contributed by atoms with van der Waals surface area (Å²) in [7, 11) is 0. The first-order valence-corrected chi connectivity index (χ1v) is 8.72. The van der Waals surface area contributed by atoms with Gasteiger partial charge in [-0.3, -0.25) is 19.0 Å². The Morgan fingerprint density at radius 2 is 1.82 bits per heavy atom. The topological polar surface area (TPSA) is 135 Å². The van der Waals surface area contributed by atoms with Gasteiger partial charge in [0.25, 0.3) is 0 Å². The molecule has 0 saturated carbocycles. The third-order valence-electron chi connectivity index (χ3n) is 3.99. The monoisotopic (exact) mass is 410 g/mol. The third kappa shape index (κ3) is 4.02. The molecule has 150 valence electrons. The van der Waals surface area contributed by atoms with Crippen LogP contribution in [0.1, 0.15) is 27.0 Å². The highest BCUT2D eigenvalue weighted by molar-refractivity contribution is 7.71. The fraction of sp³-hybridized carbons (Fsp3) is 0.500. The SMILES string of the molecule is CC(=O)OC[C@H]1O[C@@H](n2cnc3nc[nH]c3c2=S)[C@H](OC(C)=O)[C@@H]1OC(C)=O. The second-order valence-electron chi connectivity index (χ2n) is 6.07. The molecule has 12 heteroatoms. The van der Waals surface area contributed by atoms with Crippen molar-refractivity contribution in [3.05, 3.63) is 17.3 Å². The minimum absolute atomic E-state index is 0.200. The Morgan fingerprint density at radius 3 is 2.46 bits per heavy atom. The standard InChI is InChI=1S/C16H18N4O7S/c1-7(21)24-4-10-12(25-8(2)22)13(26-9(3)23)15(27-10)20-6-19-14-11(16(20)28)17-5-18-14/h5-6,10,12-13,15H,4H2,1-3H3,(H,17,18)/t10-,12-,13-,15-/m1/s1. The van der Waals surface area contributed by atoms with E-state index in [-0.39, 0.29) is 6.61 Å². The Kier molecular flexibility index (Phi) is 5.70. The van der Waals surface area contributed by atoms with E-state index in [1.807, 2.05) is 0 Å². The van der Waals surface area contributed by atoms with Crippen molar-refractivity contribution in [2.45, 2.75) is 45.3 Å². The van der Waals surface area contributed by atoms with Gasteiger partial charge in [-0.2, -0.15) is 0 Å². The number of hydrogen-bond acceptors (Lipinski definition) is 10. The van der Waals surface area contributed by atoms with E-state index in [1.165, 1.54) is 38.0 Å². The van der Waals surface area contributed by atoms with Crippen LogP contribution in [-0.4, -0.2) is 62.3 Å². The average molecular weight is 410 g/mol. The van der Waals surface area contributed by atoms with E-state index in [1.54, 1.807) is 0 Å². The van der Waals surface area contributed by atoms with Gasteiger partial charge in [0, 0.05) is 20.8 Å². The zero-order valence-corrected chi connectivity index (χ0v) is 16.1. The molecule has 2 aromatic heterocycles. The minimum atomic E-state index is -1.03. The number of aromatic amines is 1. The average Bonchev–Trinajstić information content (AvgIpc) is 3.19. The predicted molar refractivity (Wildman–Crippen MR) is 94.4 cm³/mol. The molecule has 1 fully saturated rings. The molecule has 3 heterocycles. The molecule has 0 spiro atoms. The van der Waals surface area contributed by atoms with Gasteiger partial charge >= 0.3 is 17.9 Å². The van der Waals surface area contributed by atoms with Crippen LogP contribution in [0, 0.1) is 4.64 Å². The number of ether oxygens (including phenoxy) is 4. The van der Waals surface area contributed by atoms with Crippen molar-refractivity contribution in [2.24, 2.45) is 0 Å². The summed E-state index contributed by atoms with van der Waals surface area (Å²) in [6, 6.07) is 0. The van der Waals surface area contributed by atoms with Crippen LogP contribution >= 0.6 is 12.2 Å². The van der Waals surface area contributed by atoms with Crippen LogP contribution in [0.15, 0.2) is 12.7 Å². The Hall–Kier alpha value is -2.86. The van der Waals surface area contributed by atoms with E-state index in [9.17, 15) is 14.4 Å². The first-order chi connectivity index (χ1) is 13.3. The van der Waals surface area contributed by atoms with Gasteiger partial charge in [-0.1, -0.05) is 12.2 Å². The van der Waals surface area contributed by atoms with Crippen LogP contribution in [0.25, 0.3) is 11.2 Å². The first-order valence-electron chi connectivity index (χ1n) is 8.31. The number of H-pyrrole nitrogens is 1. The fourth-order valence-electron chi connectivity index (χ4n) is 2.94. The fourth-order valence-corrected chi connectivity index (χ4v) is 3.24. The molecule has 2 aromatic rings. The molecule has 0 aromatic carbocycles. The van der Waals surface area contributed by atoms with E-state index in [2.05, 4.69) is 15.0 Å². The lowest BCUT2D eigenvalue weighted by atomic mass is 10.1. The van der Waals surface area contributed by atoms with E-state index < -0.39 is 42.4 Å². The number of nitrogens with zero attached hydrogens (tertiary/aromatic N) is 3. The third-order valence-corrected chi connectivity index (χ3v) is 4.40. The summed E-state index contributed by atoms with van der Waals surface area (Å²) in [4.78, 5) is 45.6. The number of carbonyl (C=O) groups is 3. The first kappa shape index (κ1) is 19.9. The Bertz CT molecular complexity index is 971. The number of esters is 3. The van der Waals surface area contributed by atoms with Crippen molar-refractivity contribution >= 4 is 41.3 Å². The van der Waals surface area contributed by atoms with E-state index >= 15 is 0 Å². The number of carbonyl (C=O) groups excluding carboxylic acids is 3. The van der Waals surface area contributed by atoms with Gasteiger partial charge in [0.2, 0.25) is 0 Å². The largest absolute Gasteiger partial charge is 0.463 e. The molecule has 0 bridgehead atoms. The maximum Gasteiger partial charge on any atom is 0.303 e. The number of nitrogens with one attached hydrogen (secondary N) is 1. The lowest BCUT2D eigenvalue weighted by Gasteiger charge is -2.24.